The Hall–Kier alpha value is -3.66. The number of terminal acetylenes is 1. The van der Waals surface area contributed by atoms with Gasteiger partial charge in [0.25, 0.3) is 5.91 Å². The van der Waals surface area contributed by atoms with Crippen molar-refractivity contribution >= 4 is 11.7 Å². The number of likely N-dealkylation sites (tertiary alicyclic amines) is 1. The van der Waals surface area contributed by atoms with E-state index in [0.717, 1.165) is 49.2 Å². The minimum atomic E-state index is -0.201. The lowest BCUT2D eigenvalue weighted by molar-refractivity contribution is -0.148. The highest BCUT2D eigenvalue weighted by molar-refractivity contribution is 5.93. The Labute approximate surface area is 181 Å². The molecule has 1 aliphatic heterocycles. The summed E-state index contributed by atoms with van der Waals surface area (Å²) in [5, 5.41) is 4.51. The van der Waals surface area contributed by atoms with Crippen LogP contribution in [0.4, 0.5) is 5.82 Å². The summed E-state index contributed by atoms with van der Waals surface area (Å²) in [6.07, 6.45) is 13.6. The molecule has 1 spiro atoms. The summed E-state index contributed by atoms with van der Waals surface area (Å²) >= 11 is 0. The molecule has 156 valence electrons. The first kappa shape index (κ1) is 19.3. The van der Waals surface area contributed by atoms with Crippen molar-refractivity contribution in [2.24, 2.45) is 11.3 Å². The van der Waals surface area contributed by atoms with Gasteiger partial charge < -0.3 is 10.6 Å². The molecule has 0 unspecified atom stereocenters. The Balaban J connectivity index is 1.28. The van der Waals surface area contributed by atoms with E-state index >= 15 is 0 Å². The van der Waals surface area contributed by atoms with Gasteiger partial charge in [-0.05, 0) is 36.7 Å². The second-order valence-electron chi connectivity index (χ2n) is 8.78. The fourth-order valence-corrected chi connectivity index (χ4v) is 5.10. The van der Waals surface area contributed by atoms with Crippen LogP contribution in [0.15, 0.2) is 49.1 Å². The minimum Gasteiger partial charge on any atom is -0.383 e. The fourth-order valence-electron chi connectivity index (χ4n) is 5.10. The highest BCUT2D eigenvalue weighted by Crippen LogP contribution is 2.53. The maximum atomic E-state index is 11.6. The molecule has 7 heteroatoms. The highest BCUT2D eigenvalue weighted by atomic mass is 16.2. The number of benzene rings is 1. The molecule has 2 fully saturated rings. The molecule has 1 aromatic carbocycles. The zero-order chi connectivity index (χ0) is 21.4. The van der Waals surface area contributed by atoms with Crippen molar-refractivity contribution in [3.05, 3.63) is 60.3 Å². The molecule has 3 heterocycles. The van der Waals surface area contributed by atoms with Crippen molar-refractivity contribution in [3.63, 3.8) is 0 Å². The fraction of sp³-hybridized carbons (Fsp3) is 0.333. The predicted octanol–water partition coefficient (Wildman–Crippen LogP) is 2.38. The third-order valence-corrected chi connectivity index (χ3v) is 6.45. The van der Waals surface area contributed by atoms with Crippen LogP contribution in [0.5, 0.6) is 0 Å². The Morgan fingerprint density at radius 1 is 1.23 bits per heavy atom. The summed E-state index contributed by atoms with van der Waals surface area (Å²) in [6.45, 7) is 2.25. The first-order valence-electron chi connectivity index (χ1n) is 10.5. The normalized spacial score (nSPS) is 17.1. The number of carbonyl (C=O) groups excluding carboxylic acids is 1. The van der Waals surface area contributed by atoms with E-state index in [1.54, 1.807) is 4.90 Å². The van der Waals surface area contributed by atoms with Crippen LogP contribution < -0.4 is 5.73 Å². The Morgan fingerprint density at radius 2 is 2.00 bits per heavy atom. The average molecular weight is 412 g/mol. The molecule has 5 rings (SSSR count). The van der Waals surface area contributed by atoms with E-state index in [9.17, 15) is 4.79 Å². The van der Waals surface area contributed by atoms with Gasteiger partial charge in [0.2, 0.25) is 0 Å². The summed E-state index contributed by atoms with van der Waals surface area (Å²) in [4.78, 5) is 22.1. The second kappa shape index (κ2) is 7.55. The van der Waals surface area contributed by atoms with Crippen molar-refractivity contribution in [1.29, 1.82) is 0 Å². The molecule has 2 N–H and O–H groups in total. The molecule has 2 aliphatic rings. The maximum absolute atomic E-state index is 11.6. The van der Waals surface area contributed by atoms with Gasteiger partial charge in [0, 0.05) is 35.8 Å². The SMILES string of the molecule is C#CC(=O)N1CC2(CC(Cc3ncnc(N)c3-c3cnn(Cc4ccccc4)c3)C2)C1. The van der Waals surface area contributed by atoms with Crippen molar-refractivity contribution in [3.8, 4) is 23.5 Å². The maximum Gasteiger partial charge on any atom is 0.298 e. The van der Waals surface area contributed by atoms with Gasteiger partial charge in [-0.15, -0.1) is 6.42 Å². The first-order valence-corrected chi connectivity index (χ1v) is 10.5. The van der Waals surface area contributed by atoms with Crippen LogP contribution in [0.25, 0.3) is 11.1 Å². The molecular formula is C24H24N6O. The molecule has 1 aliphatic carbocycles. The Morgan fingerprint density at radius 3 is 2.74 bits per heavy atom. The van der Waals surface area contributed by atoms with Crippen molar-refractivity contribution in [2.75, 3.05) is 18.8 Å². The lowest BCUT2D eigenvalue weighted by Crippen LogP contribution is -2.63. The lowest BCUT2D eigenvalue weighted by atomic mass is 9.56. The molecule has 0 radical (unpaired) electrons. The number of nitrogens with zero attached hydrogens (tertiary/aromatic N) is 5. The summed E-state index contributed by atoms with van der Waals surface area (Å²) in [5.74, 6) is 3.00. The lowest BCUT2D eigenvalue weighted by Gasteiger charge is -2.58. The number of hydrogen-bond acceptors (Lipinski definition) is 5. The molecular weight excluding hydrogens is 388 g/mol. The third-order valence-electron chi connectivity index (χ3n) is 6.45. The molecule has 0 bridgehead atoms. The molecule has 3 aromatic rings. The molecule has 1 saturated carbocycles. The largest absolute Gasteiger partial charge is 0.383 e. The van der Waals surface area contributed by atoms with Crippen molar-refractivity contribution < 1.29 is 4.79 Å². The molecule has 31 heavy (non-hydrogen) atoms. The second-order valence-corrected chi connectivity index (χ2v) is 8.78. The van der Waals surface area contributed by atoms with Gasteiger partial charge in [-0.1, -0.05) is 30.3 Å². The first-order chi connectivity index (χ1) is 15.0. The Kier molecular flexibility index (Phi) is 4.70. The quantitative estimate of drug-likeness (QED) is 0.650. The number of nitrogens with two attached hydrogens (primary N) is 1. The smallest absolute Gasteiger partial charge is 0.298 e. The number of anilines is 1. The van der Waals surface area contributed by atoms with E-state index in [1.165, 1.54) is 11.9 Å². The van der Waals surface area contributed by atoms with E-state index in [2.05, 4.69) is 33.1 Å². The Bertz CT molecular complexity index is 1150. The predicted molar refractivity (Wildman–Crippen MR) is 117 cm³/mol. The van der Waals surface area contributed by atoms with Crippen LogP contribution in [0.2, 0.25) is 0 Å². The van der Waals surface area contributed by atoms with Crippen LogP contribution in [0.1, 0.15) is 24.1 Å². The van der Waals surface area contributed by atoms with Gasteiger partial charge in [-0.3, -0.25) is 9.48 Å². The van der Waals surface area contributed by atoms with Gasteiger partial charge in [0.05, 0.1) is 18.4 Å². The van der Waals surface area contributed by atoms with Gasteiger partial charge in [0.15, 0.2) is 0 Å². The van der Waals surface area contributed by atoms with Crippen molar-refractivity contribution in [2.45, 2.75) is 25.8 Å². The van der Waals surface area contributed by atoms with E-state index in [-0.39, 0.29) is 11.3 Å². The van der Waals surface area contributed by atoms with Gasteiger partial charge in [0.1, 0.15) is 12.1 Å². The zero-order valence-corrected chi connectivity index (χ0v) is 17.2. The summed E-state index contributed by atoms with van der Waals surface area (Å²) in [6, 6.07) is 10.2. The number of aromatic nitrogens is 4. The summed E-state index contributed by atoms with van der Waals surface area (Å²) < 4.78 is 1.91. The van der Waals surface area contributed by atoms with E-state index in [0.29, 0.717) is 18.3 Å². The van der Waals surface area contributed by atoms with Crippen LogP contribution in [0.3, 0.4) is 0 Å². The van der Waals surface area contributed by atoms with Gasteiger partial charge in [-0.25, -0.2) is 9.97 Å². The summed E-state index contributed by atoms with van der Waals surface area (Å²) in [7, 11) is 0. The third kappa shape index (κ3) is 3.66. The van der Waals surface area contributed by atoms with Crippen LogP contribution >= 0.6 is 0 Å². The number of carbonyl (C=O) groups is 1. The number of nitrogen functional groups attached to an aromatic ring is 1. The average Bonchev–Trinajstić information content (AvgIpc) is 3.17. The van der Waals surface area contributed by atoms with Gasteiger partial charge in [-0.2, -0.15) is 5.10 Å². The van der Waals surface area contributed by atoms with Crippen LogP contribution in [-0.4, -0.2) is 43.6 Å². The van der Waals surface area contributed by atoms with Crippen molar-refractivity contribution in [1.82, 2.24) is 24.6 Å². The standard InChI is InChI=1S/C24H24N6O/c1-2-21(31)29-14-24(15-29)9-18(10-24)8-20-22(23(25)27-16-26-20)19-11-28-30(13-19)12-17-6-4-3-5-7-17/h1,3-7,11,13,16,18H,8-10,12,14-15H2,(H2,25,26,27). The van der Waals surface area contributed by atoms with E-state index in [1.807, 2.05) is 35.3 Å². The molecule has 1 amide bonds. The zero-order valence-electron chi connectivity index (χ0n) is 17.2. The topological polar surface area (TPSA) is 89.9 Å². The van der Waals surface area contributed by atoms with E-state index < -0.39 is 0 Å². The number of rotatable bonds is 5. The number of amides is 1. The number of hydrogen-bond donors (Lipinski definition) is 1. The van der Waals surface area contributed by atoms with E-state index in [4.69, 9.17) is 12.2 Å². The molecule has 0 atom stereocenters. The van der Waals surface area contributed by atoms with Gasteiger partial charge >= 0.3 is 0 Å². The molecule has 2 aromatic heterocycles. The van der Waals surface area contributed by atoms with Crippen LogP contribution in [-0.2, 0) is 17.8 Å². The van der Waals surface area contributed by atoms with Crippen LogP contribution in [0, 0.1) is 23.7 Å². The monoisotopic (exact) mass is 412 g/mol. The molecule has 7 nitrogen and oxygen atoms in total. The minimum absolute atomic E-state index is 0.201. The molecule has 1 saturated heterocycles. The highest BCUT2D eigenvalue weighted by Gasteiger charge is 2.53. The summed E-state index contributed by atoms with van der Waals surface area (Å²) in [5.41, 5.74) is 10.5.